The standard InChI is InChI=1S/C55H91N5O15/c1-31-27-53(7,67)48(75-52-45(62)41(56(9)10)25-32(2)71-52)33(3)46(34(4)51(66)73-42-20-21-55(42,68)47(63)35(5)59(14)29-31)74-43-28-54(8,69-15)49(36(6)72-43)70-24-23-58(13)22-16-17-37-18-19-40-38(26-37)44(61)39(50(64)65)30-60(40)57(11)12/h18-19,26,30-36,41-43,45-49,52,62-63,67-68H,16-17,20-25,27-29H2,1-15H3,(H,64,65)/t31-,32-,33+,34-,35-,36+,41+,42-,43+,45-,46+,47-,48-,49+,52+,53-,54-,55-/m1/s1. The molecule has 6 rings (SSSR count). The van der Waals surface area contributed by atoms with Crippen molar-refractivity contribution in [3.8, 4) is 0 Å². The number of carbonyl (C=O) groups is 2. The Hall–Kier alpha value is -3.35. The number of aromatic nitrogens is 1. The maximum absolute atomic E-state index is 14.5. The van der Waals surface area contributed by atoms with Gasteiger partial charge in [0.15, 0.2) is 12.6 Å². The van der Waals surface area contributed by atoms with E-state index in [-0.39, 0.29) is 42.9 Å². The average molecular weight is 1060 g/mol. The number of carboxylic acid groups (broad SMARTS) is 1. The van der Waals surface area contributed by atoms with Gasteiger partial charge in [0.1, 0.15) is 35.6 Å². The van der Waals surface area contributed by atoms with E-state index in [0.717, 1.165) is 18.5 Å². The van der Waals surface area contributed by atoms with Gasteiger partial charge in [-0.2, -0.15) is 0 Å². The number of aliphatic hydroxyl groups excluding tert-OH is 2. The number of esters is 1. The molecule has 4 aliphatic rings. The molecule has 4 fully saturated rings. The van der Waals surface area contributed by atoms with E-state index in [1.54, 1.807) is 50.8 Å². The lowest BCUT2D eigenvalue weighted by Crippen LogP contribution is -2.66. The molecule has 1 aromatic heterocycles. The monoisotopic (exact) mass is 1060 g/mol. The molecule has 20 nitrogen and oxygen atoms in total. The number of rotatable bonds is 16. The number of pyridine rings is 1. The number of carboxylic acids is 1. The van der Waals surface area contributed by atoms with Crippen molar-refractivity contribution in [2.45, 2.75) is 191 Å². The van der Waals surface area contributed by atoms with Gasteiger partial charge in [-0.3, -0.25) is 14.3 Å². The fraction of sp³-hybridized carbons (Fsp3) is 0.800. The summed E-state index contributed by atoms with van der Waals surface area (Å²) in [6.45, 7) is 16.9. The van der Waals surface area contributed by atoms with Crippen LogP contribution < -0.4 is 10.4 Å². The van der Waals surface area contributed by atoms with Gasteiger partial charge in [0.05, 0.1) is 53.7 Å². The number of ether oxygens (including phenoxy) is 7. The van der Waals surface area contributed by atoms with Crippen molar-refractivity contribution in [2.75, 3.05) is 80.6 Å². The molecular weight excluding hydrogens is 971 g/mol. The highest BCUT2D eigenvalue weighted by molar-refractivity contribution is 5.92. The minimum atomic E-state index is -1.67. The second-order valence-electron chi connectivity index (χ2n) is 23.5. The summed E-state index contributed by atoms with van der Waals surface area (Å²) in [5.74, 6) is -3.87. The van der Waals surface area contributed by atoms with Gasteiger partial charge in [-0.1, -0.05) is 19.9 Å². The lowest BCUT2D eigenvalue weighted by atomic mass is 9.71. The third kappa shape index (κ3) is 13.6. The Labute approximate surface area is 444 Å². The van der Waals surface area contributed by atoms with Gasteiger partial charge in [-0.25, -0.2) is 4.79 Å². The van der Waals surface area contributed by atoms with E-state index in [0.29, 0.717) is 49.9 Å². The Bertz CT molecular complexity index is 2300. The first-order chi connectivity index (χ1) is 35.0. The van der Waals surface area contributed by atoms with Crippen LogP contribution in [0.3, 0.4) is 0 Å². The smallest absolute Gasteiger partial charge is 0.341 e. The third-order valence-electron chi connectivity index (χ3n) is 16.9. The van der Waals surface area contributed by atoms with Crippen molar-refractivity contribution in [1.29, 1.82) is 0 Å². The molecule has 4 heterocycles. The minimum Gasteiger partial charge on any atom is -0.477 e. The molecule has 0 unspecified atom stereocenters. The zero-order chi connectivity index (χ0) is 55.6. The van der Waals surface area contributed by atoms with Gasteiger partial charge in [-0.15, -0.1) is 0 Å². The third-order valence-corrected chi connectivity index (χ3v) is 16.9. The number of benzene rings is 1. The highest BCUT2D eigenvalue weighted by Crippen LogP contribution is 2.43. The van der Waals surface area contributed by atoms with Crippen molar-refractivity contribution in [1.82, 2.24) is 19.4 Å². The first kappa shape index (κ1) is 60.9. The number of hydrogen-bond donors (Lipinski definition) is 5. The second kappa shape index (κ2) is 24.8. The first-order valence-corrected chi connectivity index (χ1v) is 27.0. The molecule has 1 aromatic carbocycles. The predicted octanol–water partition coefficient (Wildman–Crippen LogP) is 3.06. The Morgan fingerprint density at radius 3 is 2.24 bits per heavy atom. The van der Waals surface area contributed by atoms with Crippen LogP contribution in [0.5, 0.6) is 0 Å². The topological polar surface area (TPSA) is 235 Å². The minimum absolute atomic E-state index is 0.157. The summed E-state index contributed by atoms with van der Waals surface area (Å²) >= 11 is 0. The molecule has 75 heavy (non-hydrogen) atoms. The molecule has 1 saturated carbocycles. The number of likely N-dealkylation sites (N-methyl/N-ethyl adjacent to an activating group) is 3. The molecule has 0 radical (unpaired) electrons. The van der Waals surface area contributed by atoms with Crippen LogP contribution in [0.4, 0.5) is 0 Å². The maximum atomic E-state index is 14.5. The average Bonchev–Trinajstić information content (AvgIpc) is 3.33. The van der Waals surface area contributed by atoms with Crippen molar-refractivity contribution in [2.24, 2.45) is 17.8 Å². The van der Waals surface area contributed by atoms with E-state index in [9.17, 15) is 39.9 Å². The van der Waals surface area contributed by atoms with Gasteiger partial charge >= 0.3 is 11.9 Å². The zero-order valence-corrected chi connectivity index (χ0v) is 47.3. The SMILES string of the molecule is CO[C@]1(C)C[C@H](O[C@H]2[C@H](C)[C@@H](O[C@@H]3O[C@H](C)C[C@H](N(C)C)[C@H]3O)[C@](C)(O)C[C@@H](C)CN(C)[C@H](C)[C@@H](O)[C@@]3(O)CC[C@H]3OC(=O)[C@@H]2C)O[C@@H](C)[C@@H]1OCCN(C)CCCc1ccc2c(c1)c(=O)c(C(=O)O)cn2N(C)C. The Kier molecular flexibility index (Phi) is 20.1. The molecule has 2 aromatic rings. The van der Waals surface area contributed by atoms with Crippen molar-refractivity contribution in [3.05, 3.63) is 45.7 Å². The number of fused-ring (bicyclic) bond motifs is 2. The number of aromatic carboxylic acids is 1. The van der Waals surface area contributed by atoms with Gasteiger partial charge in [-0.05, 0) is 138 Å². The molecule has 3 saturated heterocycles. The Morgan fingerprint density at radius 1 is 0.933 bits per heavy atom. The normalized spacial score (nSPS) is 38.6. The summed E-state index contributed by atoms with van der Waals surface area (Å²) in [7, 11) is 12.8. The highest BCUT2D eigenvalue weighted by atomic mass is 16.7. The van der Waals surface area contributed by atoms with E-state index in [1.165, 1.54) is 6.20 Å². The molecule has 5 N–H and O–H groups in total. The lowest BCUT2D eigenvalue weighted by Gasteiger charge is -2.50. The summed E-state index contributed by atoms with van der Waals surface area (Å²) in [6, 6.07) is 4.79. The van der Waals surface area contributed by atoms with Crippen LogP contribution in [0.2, 0.25) is 0 Å². The summed E-state index contributed by atoms with van der Waals surface area (Å²) in [6.07, 6.45) is -4.41. The second-order valence-corrected chi connectivity index (χ2v) is 23.5. The summed E-state index contributed by atoms with van der Waals surface area (Å²) in [5.41, 5.74) is -3.42. The molecular formula is C55H91N5O15. The number of aryl methyl sites for hydroxylation is 1. The fourth-order valence-corrected chi connectivity index (χ4v) is 12.2. The van der Waals surface area contributed by atoms with Gasteiger partial charge < -0.3 is 78.4 Å². The number of aliphatic hydroxyl groups is 4. The molecule has 1 aliphatic carbocycles. The van der Waals surface area contributed by atoms with Crippen LogP contribution in [0.1, 0.15) is 110 Å². The lowest BCUT2D eigenvalue weighted by molar-refractivity contribution is -0.321. The van der Waals surface area contributed by atoms with E-state index in [1.807, 2.05) is 91.7 Å². The van der Waals surface area contributed by atoms with Crippen LogP contribution in [0.15, 0.2) is 29.2 Å². The quantitative estimate of drug-likeness (QED) is 0.152. The van der Waals surface area contributed by atoms with Crippen molar-refractivity contribution >= 4 is 22.8 Å². The molecule has 20 heteroatoms. The van der Waals surface area contributed by atoms with Crippen molar-refractivity contribution < 1.29 is 68.3 Å². The van der Waals surface area contributed by atoms with Gasteiger partial charge in [0, 0.05) is 70.3 Å². The fourth-order valence-electron chi connectivity index (χ4n) is 12.2. The first-order valence-electron chi connectivity index (χ1n) is 27.0. The molecule has 0 bridgehead atoms. The largest absolute Gasteiger partial charge is 0.477 e. The van der Waals surface area contributed by atoms with Crippen LogP contribution in [-0.4, -0.2) is 223 Å². The van der Waals surface area contributed by atoms with Crippen molar-refractivity contribution in [3.63, 3.8) is 0 Å². The molecule has 0 spiro atoms. The molecule has 0 amide bonds. The molecule has 426 valence electrons. The highest BCUT2D eigenvalue weighted by Gasteiger charge is 2.57. The number of nitrogens with zero attached hydrogens (tertiary/aromatic N) is 5. The zero-order valence-electron chi connectivity index (χ0n) is 47.3. The van der Waals surface area contributed by atoms with E-state index in [2.05, 4.69) is 4.90 Å². The van der Waals surface area contributed by atoms with Crippen LogP contribution >= 0.6 is 0 Å². The number of hydrogen-bond acceptors (Lipinski definition) is 18. The van der Waals surface area contributed by atoms with Crippen LogP contribution in [0, 0.1) is 17.8 Å². The number of carbonyl (C=O) groups excluding carboxylic acids is 1. The number of methoxy groups -OCH3 is 1. The van der Waals surface area contributed by atoms with Gasteiger partial charge in [0.25, 0.3) is 0 Å². The summed E-state index contributed by atoms with van der Waals surface area (Å²) in [5, 5.41) is 59.7. The summed E-state index contributed by atoms with van der Waals surface area (Å²) in [4.78, 5) is 45.5. The Balaban J connectivity index is 1.19. The van der Waals surface area contributed by atoms with Gasteiger partial charge in [0.2, 0.25) is 5.43 Å². The predicted molar refractivity (Wildman–Crippen MR) is 282 cm³/mol. The Morgan fingerprint density at radius 2 is 1.63 bits per heavy atom. The molecule has 18 atom stereocenters. The van der Waals surface area contributed by atoms with Crippen LogP contribution in [0.25, 0.3) is 10.9 Å². The van der Waals surface area contributed by atoms with E-state index < -0.39 is 107 Å². The molecule has 3 aliphatic heterocycles. The maximum Gasteiger partial charge on any atom is 0.341 e. The van der Waals surface area contributed by atoms with Crippen LogP contribution in [-0.2, 0) is 44.4 Å². The summed E-state index contributed by atoms with van der Waals surface area (Å²) < 4.78 is 47.3. The van der Waals surface area contributed by atoms with E-state index >= 15 is 0 Å². The van der Waals surface area contributed by atoms with E-state index in [4.69, 9.17) is 33.2 Å².